The second kappa shape index (κ2) is 4.54. The van der Waals surface area contributed by atoms with Gasteiger partial charge in [0.25, 0.3) is 4.06 Å². The largest absolute Gasteiger partial charge is 0.288 e. The van der Waals surface area contributed by atoms with Crippen LogP contribution in [0.2, 0.25) is 0 Å². The molecular weight excluding hydrogens is 198 g/mol. The lowest BCUT2D eigenvalue weighted by molar-refractivity contribution is 1.24. The zero-order valence-electron chi connectivity index (χ0n) is 5.57. The second-order valence-corrected chi connectivity index (χ2v) is 5.17. The van der Waals surface area contributed by atoms with Crippen molar-refractivity contribution in [2.24, 2.45) is 0 Å². The molecule has 11 heavy (non-hydrogen) atoms. The van der Waals surface area contributed by atoms with E-state index in [2.05, 4.69) is 6.07 Å². The summed E-state index contributed by atoms with van der Waals surface area (Å²) in [5, 5.41) is 10.1. The SMILES string of the molecule is N#CCCSc1csc(=O)s1. The van der Waals surface area contributed by atoms with Gasteiger partial charge in [-0.05, 0) is 0 Å². The van der Waals surface area contributed by atoms with E-state index in [1.807, 2.05) is 5.38 Å². The highest BCUT2D eigenvalue weighted by Crippen LogP contribution is 2.22. The van der Waals surface area contributed by atoms with Gasteiger partial charge in [0.05, 0.1) is 10.3 Å². The van der Waals surface area contributed by atoms with Gasteiger partial charge in [-0.1, -0.05) is 22.7 Å². The van der Waals surface area contributed by atoms with Crippen molar-refractivity contribution in [3.63, 3.8) is 0 Å². The number of nitrogens with zero attached hydrogens (tertiary/aromatic N) is 1. The molecule has 0 fully saturated rings. The first-order valence-electron chi connectivity index (χ1n) is 2.91. The van der Waals surface area contributed by atoms with E-state index >= 15 is 0 Å². The smallest absolute Gasteiger partial charge is 0.265 e. The van der Waals surface area contributed by atoms with Crippen molar-refractivity contribution in [3.8, 4) is 6.07 Å². The Labute approximate surface area is 76.5 Å². The van der Waals surface area contributed by atoms with Crippen LogP contribution in [-0.2, 0) is 0 Å². The number of hydrogen-bond donors (Lipinski definition) is 0. The minimum atomic E-state index is 0.129. The maximum Gasteiger partial charge on any atom is 0.288 e. The third-order valence-electron chi connectivity index (χ3n) is 0.893. The fourth-order valence-electron chi connectivity index (χ4n) is 0.487. The quantitative estimate of drug-likeness (QED) is 0.558. The van der Waals surface area contributed by atoms with E-state index in [1.54, 1.807) is 11.8 Å². The molecule has 0 radical (unpaired) electrons. The first kappa shape index (κ1) is 8.78. The van der Waals surface area contributed by atoms with Gasteiger partial charge < -0.3 is 0 Å². The molecule has 1 aromatic heterocycles. The highest BCUT2D eigenvalue weighted by Gasteiger charge is 1.96. The summed E-state index contributed by atoms with van der Waals surface area (Å²) in [4.78, 5) is 10.7. The van der Waals surface area contributed by atoms with Gasteiger partial charge in [-0.25, -0.2) is 0 Å². The molecule has 0 aromatic carbocycles. The fourth-order valence-corrected chi connectivity index (χ4v) is 3.47. The van der Waals surface area contributed by atoms with Crippen molar-refractivity contribution in [1.82, 2.24) is 0 Å². The molecule has 1 rings (SSSR count). The summed E-state index contributed by atoms with van der Waals surface area (Å²) < 4.78 is 1.15. The van der Waals surface area contributed by atoms with E-state index in [0.29, 0.717) is 6.42 Å². The fraction of sp³-hybridized carbons (Fsp3) is 0.333. The highest BCUT2D eigenvalue weighted by molar-refractivity contribution is 8.01. The molecule has 58 valence electrons. The third kappa shape index (κ3) is 3.06. The Morgan fingerprint density at radius 3 is 3.09 bits per heavy atom. The topological polar surface area (TPSA) is 40.9 Å². The lowest BCUT2D eigenvalue weighted by Gasteiger charge is -1.88. The summed E-state index contributed by atoms with van der Waals surface area (Å²) in [6, 6.07) is 2.05. The summed E-state index contributed by atoms with van der Waals surface area (Å²) in [5.74, 6) is 0.781. The average molecular weight is 203 g/mol. The lowest BCUT2D eigenvalue weighted by atomic mass is 10.6. The van der Waals surface area contributed by atoms with Crippen molar-refractivity contribution in [2.45, 2.75) is 10.6 Å². The van der Waals surface area contributed by atoms with Gasteiger partial charge in [0.15, 0.2) is 0 Å². The molecule has 0 atom stereocenters. The van der Waals surface area contributed by atoms with Crippen LogP contribution in [0.4, 0.5) is 0 Å². The van der Waals surface area contributed by atoms with E-state index in [0.717, 1.165) is 9.96 Å². The molecule has 0 unspecified atom stereocenters. The first-order valence-corrected chi connectivity index (χ1v) is 5.59. The van der Waals surface area contributed by atoms with Crippen molar-refractivity contribution >= 4 is 34.4 Å². The van der Waals surface area contributed by atoms with Crippen molar-refractivity contribution in [2.75, 3.05) is 5.75 Å². The predicted molar refractivity (Wildman–Crippen MR) is 49.4 cm³/mol. The van der Waals surface area contributed by atoms with Gasteiger partial charge in [-0.2, -0.15) is 5.26 Å². The summed E-state index contributed by atoms with van der Waals surface area (Å²) in [6.07, 6.45) is 0.543. The van der Waals surface area contributed by atoms with Crippen LogP contribution < -0.4 is 4.06 Å². The number of hydrogen-bond acceptors (Lipinski definition) is 5. The molecule has 5 heteroatoms. The van der Waals surface area contributed by atoms with Crippen LogP contribution in [0.25, 0.3) is 0 Å². The number of rotatable bonds is 3. The molecule has 1 aromatic rings. The standard InChI is InChI=1S/C6H5NOS3/c7-2-1-3-9-5-4-10-6(8)11-5/h4H,1,3H2. The molecule has 1 heterocycles. The van der Waals surface area contributed by atoms with Gasteiger partial charge in [0, 0.05) is 17.6 Å². The van der Waals surface area contributed by atoms with E-state index in [4.69, 9.17) is 5.26 Å². The molecule has 0 bridgehead atoms. The molecule has 0 aliphatic rings. The van der Waals surface area contributed by atoms with Gasteiger partial charge in [0.1, 0.15) is 0 Å². The Kier molecular flexibility index (Phi) is 3.63. The Hall–Kier alpha value is -0.310. The highest BCUT2D eigenvalue weighted by atomic mass is 32.2. The second-order valence-electron chi connectivity index (χ2n) is 1.66. The lowest BCUT2D eigenvalue weighted by Crippen LogP contribution is -1.75. The van der Waals surface area contributed by atoms with Crippen LogP contribution >= 0.6 is 34.4 Å². The van der Waals surface area contributed by atoms with Crippen molar-refractivity contribution in [1.29, 1.82) is 5.26 Å². The van der Waals surface area contributed by atoms with Gasteiger partial charge in [-0.15, -0.1) is 11.8 Å². The van der Waals surface area contributed by atoms with Gasteiger partial charge in [-0.3, -0.25) is 4.79 Å². The number of nitriles is 1. The Morgan fingerprint density at radius 1 is 1.73 bits per heavy atom. The van der Waals surface area contributed by atoms with E-state index in [-0.39, 0.29) is 4.06 Å². The Balaban J connectivity index is 2.40. The molecule has 0 saturated heterocycles. The Morgan fingerprint density at radius 2 is 2.55 bits per heavy atom. The molecule has 0 aliphatic carbocycles. The zero-order valence-corrected chi connectivity index (χ0v) is 8.02. The molecular formula is C6H5NOS3. The Bertz CT molecular complexity index is 308. The minimum Gasteiger partial charge on any atom is -0.265 e. The van der Waals surface area contributed by atoms with E-state index in [9.17, 15) is 4.79 Å². The van der Waals surface area contributed by atoms with Crippen LogP contribution in [0.15, 0.2) is 14.4 Å². The van der Waals surface area contributed by atoms with E-state index in [1.165, 1.54) is 22.7 Å². The molecule has 0 aliphatic heterocycles. The summed E-state index contributed by atoms with van der Waals surface area (Å²) in [7, 11) is 0. The van der Waals surface area contributed by atoms with Crippen LogP contribution in [0, 0.1) is 11.3 Å². The zero-order chi connectivity index (χ0) is 8.10. The average Bonchev–Trinajstić information content (AvgIpc) is 2.37. The van der Waals surface area contributed by atoms with Gasteiger partial charge in [0.2, 0.25) is 0 Å². The first-order chi connectivity index (χ1) is 5.33. The predicted octanol–water partition coefficient (Wildman–Crippen LogP) is 2.18. The summed E-state index contributed by atoms with van der Waals surface area (Å²) in [6.45, 7) is 0. The van der Waals surface area contributed by atoms with Crippen molar-refractivity contribution in [3.05, 3.63) is 14.2 Å². The van der Waals surface area contributed by atoms with Crippen LogP contribution in [0.3, 0.4) is 0 Å². The third-order valence-corrected chi connectivity index (χ3v) is 4.18. The summed E-state index contributed by atoms with van der Waals surface area (Å²) in [5.41, 5.74) is 0. The van der Waals surface area contributed by atoms with E-state index < -0.39 is 0 Å². The van der Waals surface area contributed by atoms with Crippen LogP contribution in [0.1, 0.15) is 6.42 Å². The molecule has 0 saturated carbocycles. The molecule has 0 spiro atoms. The monoisotopic (exact) mass is 203 g/mol. The maximum atomic E-state index is 10.7. The molecule has 2 nitrogen and oxygen atoms in total. The van der Waals surface area contributed by atoms with Gasteiger partial charge >= 0.3 is 0 Å². The minimum absolute atomic E-state index is 0.129. The maximum absolute atomic E-state index is 10.7. The summed E-state index contributed by atoms with van der Waals surface area (Å²) >= 11 is 4.05. The normalized spacial score (nSPS) is 9.36. The molecule has 0 N–H and O–H groups in total. The van der Waals surface area contributed by atoms with Crippen LogP contribution in [-0.4, -0.2) is 5.75 Å². The number of thioether (sulfide) groups is 1. The van der Waals surface area contributed by atoms with Crippen LogP contribution in [0.5, 0.6) is 0 Å². The van der Waals surface area contributed by atoms with Crippen molar-refractivity contribution < 1.29 is 0 Å². The molecule has 0 amide bonds.